The minimum Gasteiger partial charge on any atom is -0.365 e. The molecule has 0 radical (unpaired) electrons. The Morgan fingerprint density at radius 3 is 2.53 bits per heavy atom. The number of carbonyl (C=O) groups is 1. The van der Waals surface area contributed by atoms with Crippen molar-refractivity contribution in [1.82, 2.24) is 14.9 Å². The molecule has 0 spiro atoms. The van der Waals surface area contributed by atoms with Crippen molar-refractivity contribution >= 4 is 47.3 Å². The molecule has 1 aliphatic heterocycles. The lowest BCUT2D eigenvalue weighted by Crippen LogP contribution is -2.44. The summed E-state index contributed by atoms with van der Waals surface area (Å²) in [5, 5.41) is 4.59. The molecule has 30 heavy (non-hydrogen) atoms. The molecule has 6 nitrogen and oxygen atoms in total. The summed E-state index contributed by atoms with van der Waals surface area (Å²) in [6.07, 6.45) is 2.56. The van der Waals surface area contributed by atoms with E-state index in [1.807, 2.05) is 54.6 Å². The normalized spacial score (nSPS) is 18.1. The lowest BCUT2D eigenvalue weighted by Gasteiger charge is -2.32. The van der Waals surface area contributed by atoms with E-state index in [1.165, 1.54) is 0 Å². The Labute approximate surface area is 189 Å². The zero-order valence-electron chi connectivity index (χ0n) is 16.8. The number of hydrogen-bond donors (Lipinski definition) is 2. The molecule has 2 heterocycles. The van der Waals surface area contributed by atoms with Gasteiger partial charge in [-0.05, 0) is 31.0 Å². The number of carbonyl (C=O) groups excluding carboxylic acids is 1. The molecule has 4 rings (SSSR count). The lowest BCUT2D eigenvalue weighted by molar-refractivity contribution is -0.119. The summed E-state index contributed by atoms with van der Waals surface area (Å²) in [6.45, 7) is 3.25. The van der Waals surface area contributed by atoms with E-state index >= 15 is 0 Å². The van der Waals surface area contributed by atoms with Gasteiger partial charge in [0.15, 0.2) is 0 Å². The summed E-state index contributed by atoms with van der Waals surface area (Å²) in [6, 6.07) is 17.6. The first-order valence-corrected chi connectivity index (χ1v) is 9.65. The third-order valence-corrected chi connectivity index (χ3v) is 5.45. The fourth-order valence-corrected chi connectivity index (χ4v) is 3.99. The minimum absolute atomic E-state index is 0. The molecule has 3 unspecified atom stereocenters. The molecule has 3 aromatic rings. The van der Waals surface area contributed by atoms with Crippen molar-refractivity contribution in [2.24, 2.45) is 5.73 Å². The Morgan fingerprint density at radius 1 is 1.10 bits per heavy atom. The second kappa shape index (κ2) is 10.7. The van der Waals surface area contributed by atoms with Gasteiger partial charge >= 0.3 is 0 Å². The largest absolute Gasteiger partial charge is 0.365 e. The Bertz CT molecular complexity index is 967. The molecule has 2 aromatic carbocycles. The highest BCUT2D eigenvalue weighted by Crippen LogP contribution is 2.29. The van der Waals surface area contributed by atoms with Crippen LogP contribution in [0.15, 0.2) is 60.9 Å². The highest BCUT2D eigenvalue weighted by Gasteiger charge is 2.34. The van der Waals surface area contributed by atoms with E-state index in [-0.39, 0.29) is 42.7 Å². The second-order valence-electron chi connectivity index (χ2n) is 7.36. The first-order chi connectivity index (χ1) is 13.6. The topological polar surface area (TPSA) is 84.1 Å². The number of likely N-dealkylation sites (tertiary alicyclic amines) is 1. The Hall–Kier alpha value is -2.25. The third-order valence-electron chi connectivity index (χ3n) is 5.45. The van der Waals surface area contributed by atoms with Gasteiger partial charge in [-0.2, -0.15) is 0 Å². The Balaban J connectivity index is 0.00000160. The molecule has 1 fully saturated rings. The molecule has 0 saturated carbocycles. The summed E-state index contributed by atoms with van der Waals surface area (Å²) in [5.74, 6) is 0.858. The fraction of sp³-hybridized carbons (Fsp3) is 0.318. The fourth-order valence-electron chi connectivity index (χ4n) is 3.99. The zero-order valence-corrected chi connectivity index (χ0v) is 18.4. The van der Waals surface area contributed by atoms with Crippen LogP contribution in [0.25, 0.3) is 10.9 Å². The van der Waals surface area contributed by atoms with Crippen LogP contribution in [0.4, 0.5) is 5.82 Å². The maximum atomic E-state index is 12.0. The van der Waals surface area contributed by atoms with E-state index in [0.29, 0.717) is 0 Å². The number of aromatic nitrogens is 2. The van der Waals surface area contributed by atoms with Crippen molar-refractivity contribution in [3.8, 4) is 0 Å². The quantitative estimate of drug-likeness (QED) is 0.600. The molecule has 3 atom stereocenters. The zero-order chi connectivity index (χ0) is 19.5. The van der Waals surface area contributed by atoms with Gasteiger partial charge in [0, 0.05) is 24.5 Å². The number of nitrogens with two attached hydrogens (primary N) is 1. The van der Waals surface area contributed by atoms with Crippen molar-refractivity contribution in [2.75, 3.05) is 18.4 Å². The number of benzene rings is 2. The number of hydrogen-bond acceptors (Lipinski definition) is 6. The van der Waals surface area contributed by atoms with Gasteiger partial charge in [-0.25, -0.2) is 9.97 Å². The van der Waals surface area contributed by atoms with Gasteiger partial charge in [0.25, 0.3) is 0 Å². The van der Waals surface area contributed by atoms with E-state index in [9.17, 15) is 4.79 Å². The number of Topliss-reactive ketones (excluding diaryl/α,β-unsaturated/α-hetero) is 1. The number of rotatable bonds is 6. The van der Waals surface area contributed by atoms with E-state index in [2.05, 4.69) is 20.2 Å². The van der Waals surface area contributed by atoms with Crippen LogP contribution in [0.1, 0.15) is 24.9 Å². The first kappa shape index (κ1) is 24.0. The summed E-state index contributed by atoms with van der Waals surface area (Å²) < 4.78 is 0. The number of anilines is 1. The molecule has 160 valence electrons. The van der Waals surface area contributed by atoms with Crippen LogP contribution in [0.5, 0.6) is 0 Å². The lowest BCUT2D eigenvalue weighted by atomic mass is 9.96. The highest BCUT2D eigenvalue weighted by molar-refractivity contribution is 5.88. The highest BCUT2D eigenvalue weighted by atomic mass is 35.5. The molecular weight excluding hydrogens is 421 g/mol. The number of ketones is 1. The van der Waals surface area contributed by atoms with Gasteiger partial charge in [0.1, 0.15) is 17.9 Å². The number of nitrogens with zero attached hydrogens (tertiary/aromatic N) is 3. The molecular formula is C22H27Cl2N5O. The van der Waals surface area contributed by atoms with E-state index in [4.69, 9.17) is 5.73 Å². The second-order valence-corrected chi connectivity index (χ2v) is 7.36. The van der Waals surface area contributed by atoms with Crippen molar-refractivity contribution in [3.63, 3.8) is 0 Å². The number of para-hydroxylation sites is 1. The van der Waals surface area contributed by atoms with E-state index in [0.717, 1.165) is 41.8 Å². The van der Waals surface area contributed by atoms with Crippen molar-refractivity contribution in [3.05, 3.63) is 66.5 Å². The average molecular weight is 448 g/mol. The SMILES string of the molecule is CC(=O)C(N)C(c1ccccc1)N1CCC(Nc2ncnc3ccccc23)C1.Cl.Cl. The standard InChI is InChI=1S/C22H25N5O.2ClH/c1-15(28)20(23)21(16-7-3-2-4-8-16)27-12-11-17(13-27)26-22-18-9-5-6-10-19(18)24-14-25-22;;/h2-10,14,17,20-21H,11-13,23H2,1H3,(H,24,25,26);2*1H. The average Bonchev–Trinajstić information content (AvgIpc) is 3.17. The summed E-state index contributed by atoms with van der Waals surface area (Å²) in [5.41, 5.74) is 8.32. The molecule has 1 aliphatic rings. The Morgan fingerprint density at radius 2 is 1.80 bits per heavy atom. The maximum Gasteiger partial charge on any atom is 0.148 e. The predicted molar refractivity (Wildman–Crippen MR) is 125 cm³/mol. The smallest absolute Gasteiger partial charge is 0.148 e. The summed E-state index contributed by atoms with van der Waals surface area (Å²) >= 11 is 0. The molecule has 3 N–H and O–H groups in total. The number of nitrogens with one attached hydrogen (secondary N) is 1. The predicted octanol–water partition coefficient (Wildman–Crippen LogP) is 3.62. The molecule has 0 amide bonds. The van der Waals surface area contributed by atoms with Crippen LogP contribution in [-0.4, -0.2) is 45.8 Å². The van der Waals surface area contributed by atoms with E-state index < -0.39 is 6.04 Å². The molecule has 1 aromatic heterocycles. The number of fused-ring (bicyclic) bond motifs is 1. The molecule has 1 saturated heterocycles. The van der Waals surface area contributed by atoms with Crippen LogP contribution in [0, 0.1) is 0 Å². The molecule has 0 aliphatic carbocycles. The minimum atomic E-state index is -0.541. The summed E-state index contributed by atoms with van der Waals surface area (Å²) in [4.78, 5) is 23.1. The first-order valence-electron chi connectivity index (χ1n) is 9.65. The van der Waals surface area contributed by atoms with Gasteiger partial charge in [-0.3, -0.25) is 9.69 Å². The van der Waals surface area contributed by atoms with Crippen LogP contribution in [0.3, 0.4) is 0 Å². The monoisotopic (exact) mass is 447 g/mol. The summed E-state index contributed by atoms with van der Waals surface area (Å²) in [7, 11) is 0. The van der Waals surface area contributed by atoms with Crippen molar-refractivity contribution in [1.29, 1.82) is 0 Å². The maximum absolute atomic E-state index is 12.0. The van der Waals surface area contributed by atoms with Gasteiger partial charge in [-0.1, -0.05) is 42.5 Å². The third kappa shape index (κ3) is 5.08. The van der Waals surface area contributed by atoms with Crippen molar-refractivity contribution < 1.29 is 4.79 Å². The molecule has 8 heteroatoms. The van der Waals surface area contributed by atoms with Crippen LogP contribution >= 0.6 is 24.8 Å². The van der Waals surface area contributed by atoms with Gasteiger partial charge in [-0.15, -0.1) is 24.8 Å². The Kier molecular flexibility index (Phi) is 8.55. The van der Waals surface area contributed by atoms with Gasteiger partial charge in [0.2, 0.25) is 0 Å². The molecule has 0 bridgehead atoms. The van der Waals surface area contributed by atoms with Crippen LogP contribution in [-0.2, 0) is 4.79 Å². The van der Waals surface area contributed by atoms with Crippen molar-refractivity contribution in [2.45, 2.75) is 31.5 Å². The van der Waals surface area contributed by atoms with Crippen LogP contribution < -0.4 is 11.1 Å². The van der Waals surface area contributed by atoms with Gasteiger partial charge in [0.05, 0.1) is 17.6 Å². The van der Waals surface area contributed by atoms with Gasteiger partial charge < -0.3 is 11.1 Å². The number of halogens is 2. The van der Waals surface area contributed by atoms with Crippen LogP contribution in [0.2, 0.25) is 0 Å². The van der Waals surface area contributed by atoms with E-state index in [1.54, 1.807) is 13.3 Å².